The van der Waals surface area contributed by atoms with E-state index in [1.165, 1.54) is 0 Å². The van der Waals surface area contributed by atoms with Gasteiger partial charge in [0.15, 0.2) is 0 Å². The lowest BCUT2D eigenvalue weighted by Gasteiger charge is -2.18. The van der Waals surface area contributed by atoms with Crippen LogP contribution in [0.5, 0.6) is 0 Å². The Labute approximate surface area is 121 Å². The maximum Gasteiger partial charge on any atom is 0.126 e. The molecule has 0 heterocycles. The quantitative estimate of drug-likeness (QED) is 0.807. The highest BCUT2D eigenvalue weighted by atomic mass is 79.9. The van der Waals surface area contributed by atoms with Crippen LogP contribution in [0.2, 0.25) is 0 Å². The maximum absolute atomic E-state index is 13.6. The number of nitrogens with one attached hydrogen (secondary N) is 1. The van der Waals surface area contributed by atoms with Crippen molar-refractivity contribution in [3.63, 3.8) is 0 Å². The highest BCUT2D eigenvalue weighted by Crippen LogP contribution is 2.27. The molecule has 0 amide bonds. The maximum atomic E-state index is 13.6. The van der Waals surface area contributed by atoms with Gasteiger partial charge in [0.2, 0.25) is 0 Å². The normalized spacial score (nSPS) is 12.2. The number of anilines is 2. The summed E-state index contributed by atoms with van der Waals surface area (Å²) in [7, 11) is 0. The highest BCUT2D eigenvalue weighted by Gasteiger charge is 2.09. The number of hydrogen-bond donors (Lipinski definition) is 2. The van der Waals surface area contributed by atoms with Crippen LogP contribution < -0.4 is 11.1 Å². The van der Waals surface area contributed by atoms with E-state index in [9.17, 15) is 4.39 Å². The fourth-order valence-electron chi connectivity index (χ4n) is 1.86. The van der Waals surface area contributed by atoms with Gasteiger partial charge in [-0.25, -0.2) is 4.39 Å². The van der Waals surface area contributed by atoms with Crippen LogP contribution in [0.25, 0.3) is 0 Å². The molecular weight excluding hydrogens is 307 g/mol. The van der Waals surface area contributed by atoms with Gasteiger partial charge in [0.1, 0.15) is 5.82 Å². The summed E-state index contributed by atoms with van der Waals surface area (Å²) in [6.45, 7) is 3.73. The summed E-state index contributed by atoms with van der Waals surface area (Å²) in [6, 6.07) is 10.9. The number of hydrogen-bond acceptors (Lipinski definition) is 2. The van der Waals surface area contributed by atoms with Crippen LogP contribution in [0, 0.1) is 12.7 Å². The molecule has 2 aromatic carbocycles. The highest BCUT2D eigenvalue weighted by molar-refractivity contribution is 9.10. The zero-order valence-corrected chi connectivity index (χ0v) is 12.5. The van der Waals surface area contributed by atoms with E-state index in [0.29, 0.717) is 11.3 Å². The number of nitrogen functional groups attached to an aromatic ring is 1. The summed E-state index contributed by atoms with van der Waals surface area (Å²) in [5.41, 5.74) is 8.99. The molecular formula is C15H16BrFN2. The Morgan fingerprint density at radius 3 is 2.58 bits per heavy atom. The first-order chi connectivity index (χ1) is 8.97. The van der Waals surface area contributed by atoms with Gasteiger partial charge in [0.05, 0.1) is 11.4 Å². The van der Waals surface area contributed by atoms with Crippen molar-refractivity contribution in [3.05, 3.63) is 57.8 Å². The second kappa shape index (κ2) is 5.61. The van der Waals surface area contributed by atoms with Crippen molar-refractivity contribution in [2.45, 2.75) is 19.9 Å². The minimum atomic E-state index is -0.185. The molecule has 2 aromatic rings. The number of nitrogens with two attached hydrogens (primary N) is 1. The van der Waals surface area contributed by atoms with Crippen molar-refractivity contribution in [1.82, 2.24) is 0 Å². The third-order valence-corrected chi connectivity index (χ3v) is 3.57. The Hall–Kier alpha value is -1.55. The van der Waals surface area contributed by atoms with Crippen LogP contribution in [0.3, 0.4) is 0 Å². The Kier molecular flexibility index (Phi) is 4.10. The third kappa shape index (κ3) is 3.26. The lowest BCUT2D eigenvalue weighted by atomic mass is 10.1. The molecule has 0 aromatic heterocycles. The van der Waals surface area contributed by atoms with Crippen molar-refractivity contribution in [2.75, 3.05) is 11.1 Å². The van der Waals surface area contributed by atoms with Crippen molar-refractivity contribution in [2.24, 2.45) is 0 Å². The van der Waals surface area contributed by atoms with Gasteiger partial charge in [0.25, 0.3) is 0 Å². The summed E-state index contributed by atoms with van der Waals surface area (Å²) >= 11 is 3.37. The molecule has 100 valence electrons. The van der Waals surface area contributed by atoms with Crippen molar-refractivity contribution in [3.8, 4) is 0 Å². The fraction of sp³-hybridized carbons (Fsp3) is 0.200. The number of rotatable bonds is 3. The zero-order chi connectivity index (χ0) is 14.0. The molecule has 0 aliphatic carbocycles. The van der Waals surface area contributed by atoms with E-state index in [1.807, 2.05) is 31.2 Å². The van der Waals surface area contributed by atoms with Gasteiger partial charge in [-0.1, -0.05) is 28.1 Å². The first kappa shape index (κ1) is 13.9. The van der Waals surface area contributed by atoms with Gasteiger partial charge < -0.3 is 11.1 Å². The average Bonchev–Trinajstić information content (AvgIpc) is 2.36. The number of halogens is 2. The first-order valence-corrected chi connectivity index (χ1v) is 6.84. The Morgan fingerprint density at radius 2 is 1.95 bits per heavy atom. The molecule has 3 N–H and O–H groups in total. The molecule has 0 saturated carbocycles. The van der Waals surface area contributed by atoms with Crippen LogP contribution >= 0.6 is 15.9 Å². The second-order valence-electron chi connectivity index (χ2n) is 4.61. The van der Waals surface area contributed by atoms with E-state index in [-0.39, 0.29) is 11.9 Å². The molecule has 4 heteroatoms. The summed E-state index contributed by atoms with van der Waals surface area (Å²) < 4.78 is 14.5. The van der Waals surface area contributed by atoms with E-state index in [1.54, 1.807) is 19.1 Å². The van der Waals surface area contributed by atoms with Crippen LogP contribution in [0.4, 0.5) is 15.8 Å². The summed E-state index contributed by atoms with van der Waals surface area (Å²) in [4.78, 5) is 0. The molecule has 0 saturated heterocycles. The Morgan fingerprint density at radius 1 is 1.21 bits per heavy atom. The summed E-state index contributed by atoms with van der Waals surface area (Å²) in [5.74, 6) is -0.185. The van der Waals surface area contributed by atoms with E-state index >= 15 is 0 Å². The lowest BCUT2D eigenvalue weighted by molar-refractivity contribution is 0.614. The van der Waals surface area contributed by atoms with Gasteiger partial charge >= 0.3 is 0 Å². The van der Waals surface area contributed by atoms with Gasteiger partial charge in [-0.05, 0) is 49.2 Å². The van der Waals surface area contributed by atoms with Gasteiger partial charge in [-0.2, -0.15) is 0 Å². The van der Waals surface area contributed by atoms with E-state index < -0.39 is 0 Å². The predicted octanol–water partition coefficient (Wildman–Crippen LogP) is 4.65. The average molecular weight is 323 g/mol. The molecule has 1 unspecified atom stereocenters. The van der Waals surface area contributed by atoms with Crippen molar-refractivity contribution >= 4 is 27.3 Å². The van der Waals surface area contributed by atoms with Gasteiger partial charge in [-0.3, -0.25) is 0 Å². The largest absolute Gasteiger partial charge is 0.397 e. The molecule has 0 aliphatic heterocycles. The first-order valence-electron chi connectivity index (χ1n) is 6.05. The van der Waals surface area contributed by atoms with E-state index in [2.05, 4.69) is 21.2 Å². The van der Waals surface area contributed by atoms with Gasteiger partial charge in [-0.15, -0.1) is 0 Å². The van der Waals surface area contributed by atoms with Crippen molar-refractivity contribution < 1.29 is 4.39 Å². The molecule has 1 atom stereocenters. The predicted molar refractivity (Wildman–Crippen MR) is 81.7 cm³/mol. The molecule has 19 heavy (non-hydrogen) atoms. The minimum Gasteiger partial charge on any atom is -0.397 e. The molecule has 2 rings (SSSR count). The number of benzene rings is 2. The molecule has 2 nitrogen and oxygen atoms in total. The molecule has 0 bridgehead atoms. The molecule has 0 radical (unpaired) electrons. The monoisotopic (exact) mass is 322 g/mol. The van der Waals surface area contributed by atoms with Crippen LogP contribution in [0.1, 0.15) is 24.1 Å². The SMILES string of the molecule is Cc1ccc(C(C)Nc2ccc(Br)cc2N)cc1F. The zero-order valence-electron chi connectivity index (χ0n) is 10.9. The number of aryl methyl sites for hydroxylation is 1. The van der Waals surface area contributed by atoms with E-state index in [0.717, 1.165) is 15.7 Å². The minimum absolute atomic E-state index is 0.0152. The molecule has 0 aliphatic rings. The Balaban J connectivity index is 2.20. The third-order valence-electron chi connectivity index (χ3n) is 3.08. The second-order valence-corrected chi connectivity index (χ2v) is 5.52. The van der Waals surface area contributed by atoms with Crippen LogP contribution in [-0.4, -0.2) is 0 Å². The summed E-state index contributed by atoms with van der Waals surface area (Å²) in [6.07, 6.45) is 0. The summed E-state index contributed by atoms with van der Waals surface area (Å²) in [5, 5.41) is 3.29. The lowest BCUT2D eigenvalue weighted by Crippen LogP contribution is -2.08. The topological polar surface area (TPSA) is 38.0 Å². The Bertz CT molecular complexity index is 599. The van der Waals surface area contributed by atoms with Crippen LogP contribution in [0.15, 0.2) is 40.9 Å². The molecule has 0 fully saturated rings. The fourth-order valence-corrected chi connectivity index (χ4v) is 2.24. The molecule has 0 spiro atoms. The van der Waals surface area contributed by atoms with Gasteiger partial charge in [0, 0.05) is 10.5 Å². The van der Waals surface area contributed by atoms with Crippen LogP contribution in [-0.2, 0) is 0 Å². The smallest absolute Gasteiger partial charge is 0.126 e. The standard InChI is InChI=1S/C15H16BrFN2/c1-9-3-4-11(7-13(9)17)10(2)19-15-6-5-12(16)8-14(15)18/h3-8,10,19H,18H2,1-2H3. The van der Waals surface area contributed by atoms with Crippen molar-refractivity contribution in [1.29, 1.82) is 0 Å². The van der Waals surface area contributed by atoms with E-state index in [4.69, 9.17) is 5.73 Å².